The van der Waals surface area contributed by atoms with Gasteiger partial charge in [0.2, 0.25) is 5.91 Å². The maximum absolute atomic E-state index is 12.7. The van der Waals surface area contributed by atoms with Gasteiger partial charge in [-0.25, -0.2) is 4.68 Å². The van der Waals surface area contributed by atoms with E-state index < -0.39 is 0 Å². The number of aromatic nitrogens is 2. The van der Waals surface area contributed by atoms with Crippen molar-refractivity contribution >= 4 is 16.7 Å². The molecule has 24 heavy (non-hydrogen) atoms. The number of carbonyl (C=O) groups is 1. The second-order valence-electron chi connectivity index (χ2n) is 6.70. The van der Waals surface area contributed by atoms with Gasteiger partial charge < -0.3 is 10.6 Å². The van der Waals surface area contributed by atoms with Crippen LogP contribution < -0.4 is 11.3 Å². The summed E-state index contributed by atoms with van der Waals surface area (Å²) < 4.78 is 1.31. The third-order valence-corrected chi connectivity index (χ3v) is 4.91. The molecule has 0 radical (unpaired) electrons. The van der Waals surface area contributed by atoms with E-state index in [4.69, 9.17) is 5.73 Å². The standard InChI is InChI=1S/C18H24N4O2/c1-12(19)13-6-5-9-22(11-13)17(23)10-16-14-7-3-4-8-15(14)18(24)21(2)20-16/h3-4,7-8,12-13H,5-6,9-11,19H2,1-2H3. The molecule has 3 rings (SSSR count). The second-order valence-corrected chi connectivity index (χ2v) is 6.70. The third kappa shape index (κ3) is 3.19. The predicted molar refractivity (Wildman–Crippen MR) is 93.6 cm³/mol. The molecular formula is C18H24N4O2. The smallest absolute Gasteiger partial charge is 0.274 e. The van der Waals surface area contributed by atoms with Crippen molar-refractivity contribution in [2.45, 2.75) is 32.2 Å². The molecule has 2 unspecified atom stereocenters. The van der Waals surface area contributed by atoms with Gasteiger partial charge in [0, 0.05) is 31.6 Å². The summed E-state index contributed by atoms with van der Waals surface area (Å²) >= 11 is 0. The second kappa shape index (κ2) is 6.73. The van der Waals surface area contributed by atoms with E-state index in [9.17, 15) is 9.59 Å². The number of amides is 1. The van der Waals surface area contributed by atoms with Crippen molar-refractivity contribution in [3.05, 3.63) is 40.3 Å². The highest BCUT2D eigenvalue weighted by Gasteiger charge is 2.26. The lowest BCUT2D eigenvalue weighted by Gasteiger charge is -2.34. The number of fused-ring (bicyclic) bond motifs is 1. The number of likely N-dealkylation sites (tertiary alicyclic amines) is 1. The Morgan fingerprint density at radius 3 is 2.79 bits per heavy atom. The largest absolute Gasteiger partial charge is 0.342 e. The Balaban J connectivity index is 1.86. The van der Waals surface area contributed by atoms with Crippen molar-refractivity contribution in [2.24, 2.45) is 18.7 Å². The van der Waals surface area contributed by atoms with E-state index in [0.717, 1.165) is 24.8 Å². The van der Waals surface area contributed by atoms with Gasteiger partial charge in [0.05, 0.1) is 17.5 Å². The highest BCUT2D eigenvalue weighted by atomic mass is 16.2. The van der Waals surface area contributed by atoms with Crippen molar-refractivity contribution in [3.63, 3.8) is 0 Å². The lowest BCUT2D eigenvalue weighted by atomic mass is 9.92. The summed E-state index contributed by atoms with van der Waals surface area (Å²) in [6.45, 7) is 3.48. The van der Waals surface area contributed by atoms with Crippen LogP contribution in [-0.2, 0) is 18.3 Å². The molecule has 0 saturated carbocycles. The van der Waals surface area contributed by atoms with E-state index in [0.29, 0.717) is 23.5 Å². The number of carbonyl (C=O) groups excluding carboxylic acids is 1. The number of aryl methyl sites for hydroxylation is 1. The molecule has 1 aromatic heterocycles. The van der Waals surface area contributed by atoms with Crippen LogP contribution in [-0.4, -0.2) is 39.7 Å². The van der Waals surface area contributed by atoms with E-state index in [1.807, 2.05) is 30.0 Å². The van der Waals surface area contributed by atoms with Gasteiger partial charge >= 0.3 is 0 Å². The average Bonchev–Trinajstić information content (AvgIpc) is 2.59. The van der Waals surface area contributed by atoms with Crippen LogP contribution in [0.4, 0.5) is 0 Å². The fraction of sp³-hybridized carbons (Fsp3) is 0.500. The monoisotopic (exact) mass is 328 g/mol. The molecule has 0 spiro atoms. The van der Waals surface area contributed by atoms with Crippen LogP contribution in [0.25, 0.3) is 10.8 Å². The normalized spacial score (nSPS) is 19.5. The molecule has 1 aliphatic rings. The first-order valence-corrected chi connectivity index (χ1v) is 8.45. The highest BCUT2D eigenvalue weighted by Crippen LogP contribution is 2.20. The maximum atomic E-state index is 12.7. The highest BCUT2D eigenvalue weighted by molar-refractivity contribution is 5.88. The van der Waals surface area contributed by atoms with E-state index in [2.05, 4.69) is 5.10 Å². The van der Waals surface area contributed by atoms with Crippen molar-refractivity contribution in [1.29, 1.82) is 0 Å². The van der Waals surface area contributed by atoms with Gasteiger partial charge in [-0.05, 0) is 31.7 Å². The molecule has 1 saturated heterocycles. The van der Waals surface area contributed by atoms with E-state index in [1.165, 1.54) is 4.68 Å². The molecule has 1 aromatic carbocycles. The maximum Gasteiger partial charge on any atom is 0.274 e. The zero-order valence-corrected chi connectivity index (χ0v) is 14.2. The molecule has 1 amide bonds. The van der Waals surface area contributed by atoms with Gasteiger partial charge in [0.1, 0.15) is 0 Å². The summed E-state index contributed by atoms with van der Waals surface area (Å²) in [6, 6.07) is 7.42. The van der Waals surface area contributed by atoms with Crippen molar-refractivity contribution in [3.8, 4) is 0 Å². The Bertz CT molecular complexity index is 812. The first-order chi connectivity index (χ1) is 11.5. The van der Waals surface area contributed by atoms with Gasteiger partial charge in [-0.1, -0.05) is 18.2 Å². The molecule has 2 aromatic rings. The van der Waals surface area contributed by atoms with E-state index in [-0.39, 0.29) is 23.9 Å². The fourth-order valence-corrected chi connectivity index (χ4v) is 3.43. The summed E-state index contributed by atoms with van der Waals surface area (Å²) in [7, 11) is 1.62. The summed E-state index contributed by atoms with van der Waals surface area (Å²) in [5, 5.41) is 5.68. The number of nitrogens with zero attached hydrogens (tertiary/aromatic N) is 3. The van der Waals surface area contributed by atoms with Gasteiger partial charge in [-0.3, -0.25) is 9.59 Å². The minimum atomic E-state index is -0.142. The molecule has 1 aliphatic heterocycles. The number of piperidine rings is 1. The molecule has 1 fully saturated rings. The topological polar surface area (TPSA) is 81.2 Å². The van der Waals surface area contributed by atoms with Crippen molar-refractivity contribution in [2.75, 3.05) is 13.1 Å². The van der Waals surface area contributed by atoms with Crippen LogP contribution in [0.3, 0.4) is 0 Å². The Morgan fingerprint density at radius 2 is 2.08 bits per heavy atom. The number of rotatable bonds is 3. The van der Waals surface area contributed by atoms with E-state index in [1.54, 1.807) is 13.1 Å². The Hall–Kier alpha value is -2.21. The van der Waals surface area contributed by atoms with Crippen LogP contribution in [0.2, 0.25) is 0 Å². The zero-order chi connectivity index (χ0) is 17.3. The third-order valence-electron chi connectivity index (χ3n) is 4.91. The predicted octanol–water partition coefficient (Wildman–Crippen LogP) is 1.06. The molecule has 2 atom stereocenters. The van der Waals surface area contributed by atoms with Gasteiger partial charge in [-0.15, -0.1) is 0 Å². The molecule has 0 bridgehead atoms. The minimum Gasteiger partial charge on any atom is -0.342 e. The van der Waals surface area contributed by atoms with Crippen LogP contribution in [0.15, 0.2) is 29.1 Å². The van der Waals surface area contributed by atoms with Crippen LogP contribution in [0.1, 0.15) is 25.5 Å². The lowest BCUT2D eigenvalue weighted by Crippen LogP contribution is -2.45. The number of nitrogens with two attached hydrogens (primary N) is 1. The quantitative estimate of drug-likeness (QED) is 0.913. The minimum absolute atomic E-state index is 0.0525. The number of hydrogen-bond donors (Lipinski definition) is 1. The van der Waals surface area contributed by atoms with Crippen LogP contribution >= 0.6 is 0 Å². The lowest BCUT2D eigenvalue weighted by molar-refractivity contribution is -0.132. The Labute approximate surface area is 141 Å². The van der Waals surface area contributed by atoms with Gasteiger partial charge in [0.25, 0.3) is 5.56 Å². The number of benzene rings is 1. The molecule has 0 aliphatic carbocycles. The summed E-state index contributed by atoms with van der Waals surface area (Å²) in [5.74, 6) is 0.407. The van der Waals surface area contributed by atoms with Gasteiger partial charge in [0.15, 0.2) is 0 Å². The average molecular weight is 328 g/mol. The molecule has 6 nitrogen and oxygen atoms in total. The summed E-state index contributed by atoms with van der Waals surface area (Å²) in [6.07, 6.45) is 2.27. The van der Waals surface area contributed by atoms with E-state index >= 15 is 0 Å². The molecule has 2 heterocycles. The molecule has 128 valence electrons. The number of hydrogen-bond acceptors (Lipinski definition) is 4. The Morgan fingerprint density at radius 1 is 1.38 bits per heavy atom. The van der Waals surface area contributed by atoms with Crippen LogP contribution in [0.5, 0.6) is 0 Å². The van der Waals surface area contributed by atoms with Crippen LogP contribution in [0, 0.1) is 5.92 Å². The molecule has 2 N–H and O–H groups in total. The van der Waals surface area contributed by atoms with Crippen molar-refractivity contribution in [1.82, 2.24) is 14.7 Å². The Kier molecular flexibility index (Phi) is 4.66. The summed E-state index contributed by atoms with van der Waals surface area (Å²) in [5.41, 5.74) is 6.52. The molecule has 6 heteroatoms. The summed E-state index contributed by atoms with van der Waals surface area (Å²) in [4.78, 5) is 26.8. The first-order valence-electron chi connectivity index (χ1n) is 8.45. The molecular weight excluding hydrogens is 304 g/mol. The zero-order valence-electron chi connectivity index (χ0n) is 14.2. The van der Waals surface area contributed by atoms with Crippen molar-refractivity contribution < 1.29 is 4.79 Å². The fourth-order valence-electron chi connectivity index (χ4n) is 3.43. The first kappa shape index (κ1) is 16.6. The van der Waals surface area contributed by atoms with Gasteiger partial charge in [-0.2, -0.15) is 5.10 Å². The SMILES string of the molecule is CC(N)C1CCCN(C(=O)Cc2nn(C)c(=O)c3ccccc23)C1.